The van der Waals surface area contributed by atoms with E-state index >= 15 is 0 Å². The molecule has 0 aliphatic carbocycles. The Hall–Kier alpha value is -3.35. The van der Waals surface area contributed by atoms with Crippen molar-refractivity contribution in [2.75, 3.05) is 7.11 Å². The number of phenols is 1. The number of nitrogens with one attached hydrogen (secondary N) is 1. The Bertz CT molecular complexity index is 830. The van der Waals surface area contributed by atoms with E-state index in [0.29, 0.717) is 16.9 Å². The van der Waals surface area contributed by atoms with Gasteiger partial charge in [0.1, 0.15) is 17.0 Å². The third-order valence-corrected chi connectivity index (χ3v) is 4.05. The van der Waals surface area contributed by atoms with Crippen LogP contribution in [-0.2, 0) is 10.3 Å². The summed E-state index contributed by atoms with van der Waals surface area (Å²) in [5.74, 6) is 0.309. The molecule has 3 amide bonds. The van der Waals surface area contributed by atoms with Gasteiger partial charge in [0.05, 0.1) is 13.3 Å². The average Bonchev–Trinajstić information content (AvgIpc) is 2.84. The van der Waals surface area contributed by atoms with Crippen LogP contribution in [0.1, 0.15) is 18.1 Å². The maximum absolute atomic E-state index is 12.7. The van der Waals surface area contributed by atoms with Crippen LogP contribution in [0.2, 0.25) is 0 Å². The van der Waals surface area contributed by atoms with Crippen LogP contribution in [0.3, 0.4) is 0 Å². The minimum absolute atomic E-state index is 0.124. The van der Waals surface area contributed by atoms with Gasteiger partial charge >= 0.3 is 6.03 Å². The molecule has 1 aliphatic rings. The number of aromatic hydroxyl groups is 1. The first-order valence-electron chi connectivity index (χ1n) is 7.58. The smallest absolute Gasteiger partial charge is 0.346 e. The Morgan fingerprint density at radius 1 is 1.12 bits per heavy atom. The van der Waals surface area contributed by atoms with Gasteiger partial charge in [-0.05, 0) is 54.4 Å². The van der Waals surface area contributed by atoms with Gasteiger partial charge < -0.3 is 15.2 Å². The zero-order valence-electron chi connectivity index (χ0n) is 13.8. The van der Waals surface area contributed by atoms with Crippen LogP contribution < -0.4 is 10.1 Å². The standard InChI is InChI=1S/C18H17N3O4/c1-18(13-5-9-15(25-2)10-6-13)16(23)21(17(24)20-18)19-11-12-3-7-14(22)8-4-12/h3-11,22H,1-2H3,(H,20,24)/b19-11+/t18-/m0/s1. The number of nitrogens with zero attached hydrogens (tertiary/aromatic N) is 2. The summed E-state index contributed by atoms with van der Waals surface area (Å²) in [5, 5.41) is 16.7. The lowest BCUT2D eigenvalue weighted by atomic mass is 9.92. The maximum Gasteiger partial charge on any atom is 0.346 e. The van der Waals surface area contributed by atoms with Gasteiger partial charge in [-0.2, -0.15) is 5.10 Å². The Morgan fingerprint density at radius 2 is 1.76 bits per heavy atom. The second-order valence-electron chi connectivity index (χ2n) is 5.74. The number of carbonyl (C=O) groups is 2. The first-order valence-corrected chi connectivity index (χ1v) is 7.58. The molecule has 0 radical (unpaired) electrons. The number of ether oxygens (including phenoxy) is 1. The number of benzene rings is 2. The van der Waals surface area contributed by atoms with Crippen molar-refractivity contribution in [1.82, 2.24) is 10.3 Å². The van der Waals surface area contributed by atoms with Crippen molar-refractivity contribution >= 4 is 18.2 Å². The Labute approximate surface area is 144 Å². The van der Waals surface area contributed by atoms with Gasteiger partial charge in [-0.1, -0.05) is 12.1 Å². The summed E-state index contributed by atoms with van der Waals surface area (Å²) in [6, 6.07) is 12.5. The van der Waals surface area contributed by atoms with Crippen molar-refractivity contribution in [2.45, 2.75) is 12.5 Å². The number of methoxy groups -OCH3 is 1. The lowest BCUT2D eigenvalue weighted by Gasteiger charge is -2.21. The summed E-state index contributed by atoms with van der Waals surface area (Å²) in [7, 11) is 1.55. The van der Waals surface area contributed by atoms with Crippen LogP contribution >= 0.6 is 0 Å². The topological polar surface area (TPSA) is 91.2 Å². The molecule has 0 saturated carbocycles. The third kappa shape index (κ3) is 3.03. The first-order chi connectivity index (χ1) is 11.9. The van der Waals surface area contributed by atoms with E-state index in [0.717, 1.165) is 5.01 Å². The van der Waals surface area contributed by atoms with E-state index in [4.69, 9.17) is 4.74 Å². The van der Waals surface area contributed by atoms with Crippen molar-refractivity contribution in [3.63, 3.8) is 0 Å². The zero-order chi connectivity index (χ0) is 18.0. The van der Waals surface area contributed by atoms with Gasteiger partial charge in [0.25, 0.3) is 5.91 Å². The summed E-state index contributed by atoms with van der Waals surface area (Å²) >= 11 is 0. The van der Waals surface area contributed by atoms with Crippen LogP contribution in [0.15, 0.2) is 53.6 Å². The van der Waals surface area contributed by atoms with Crippen molar-refractivity contribution in [3.8, 4) is 11.5 Å². The molecule has 25 heavy (non-hydrogen) atoms. The number of hydrazone groups is 1. The average molecular weight is 339 g/mol. The summed E-state index contributed by atoms with van der Waals surface area (Å²) in [5.41, 5.74) is 0.0841. The number of urea groups is 1. The van der Waals surface area contributed by atoms with E-state index in [1.807, 2.05) is 0 Å². The van der Waals surface area contributed by atoms with Crippen LogP contribution in [0.5, 0.6) is 11.5 Å². The summed E-state index contributed by atoms with van der Waals surface area (Å²) in [4.78, 5) is 24.9. The molecule has 7 heteroatoms. The third-order valence-electron chi connectivity index (χ3n) is 4.05. The fraction of sp³-hybridized carbons (Fsp3) is 0.167. The van der Waals surface area contributed by atoms with Crippen molar-refractivity contribution in [2.24, 2.45) is 5.10 Å². The number of carbonyl (C=O) groups excluding carboxylic acids is 2. The Kier molecular flexibility index (Phi) is 4.14. The molecule has 0 bridgehead atoms. The summed E-state index contributed by atoms with van der Waals surface area (Å²) in [6.45, 7) is 1.63. The lowest BCUT2D eigenvalue weighted by molar-refractivity contribution is -0.131. The minimum Gasteiger partial charge on any atom is -0.508 e. The van der Waals surface area contributed by atoms with Gasteiger partial charge in [-0.25, -0.2) is 4.79 Å². The van der Waals surface area contributed by atoms with Gasteiger partial charge in [-0.3, -0.25) is 4.79 Å². The predicted octanol–water partition coefficient (Wildman–Crippen LogP) is 2.20. The fourth-order valence-corrected chi connectivity index (χ4v) is 2.53. The number of phenolic OH excluding ortho intramolecular Hbond substituents is 1. The van der Waals surface area contributed by atoms with E-state index < -0.39 is 17.5 Å². The normalized spacial score (nSPS) is 20.2. The summed E-state index contributed by atoms with van der Waals surface area (Å²) in [6.07, 6.45) is 1.39. The molecular weight excluding hydrogens is 322 g/mol. The molecule has 7 nitrogen and oxygen atoms in total. The fourth-order valence-electron chi connectivity index (χ4n) is 2.53. The van der Waals surface area contributed by atoms with Gasteiger partial charge in [0.15, 0.2) is 0 Å². The van der Waals surface area contributed by atoms with Crippen LogP contribution in [0, 0.1) is 0 Å². The van der Waals surface area contributed by atoms with Crippen LogP contribution in [0.25, 0.3) is 0 Å². The number of rotatable bonds is 4. The maximum atomic E-state index is 12.7. The molecule has 2 N–H and O–H groups in total. The zero-order valence-corrected chi connectivity index (χ0v) is 13.8. The van der Waals surface area contributed by atoms with Gasteiger partial charge in [0, 0.05) is 0 Å². The highest BCUT2D eigenvalue weighted by Crippen LogP contribution is 2.30. The van der Waals surface area contributed by atoms with E-state index in [1.165, 1.54) is 18.3 Å². The number of hydrogen-bond acceptors (Lipinski definition) is 5. The van der Waals surface area contributed by atoms with E-state index in [2.05, 4.69) is 10.4 Å². The van der Waals surface area contributed by atoms with Gasteiger partial charge in [0.2, 0.25) is 0 Å². The SMILES string of the molecule is COc1ccc([C@]2(C)NC(=O)N(/N=C/c3ccc(O)cc3)C2=O)cc1. The van der Waals surface area contributed by atoms with Crippen molar-refractivity contribution < 1.29 is 19.4 Å². The molecule has 0 aromatic heterocycles. The highest BCUT2D eigenvalue weighted by atomic mass is 16.5. The molecular formula is C18H17N3O4. The van der Waals surface area contributed by atoms with Crippen molar-refractivity contribution in [1.29, 1.82) is 0 Å². The molecule has 0 spiro atoms. The Morgan fingerprint density at radius 3 is 2.36 bits per heavy atom. The number of amides is 3. The predicted molar refractivity (Wildman–Crippen MR) is 91.4 cm³/mol. The molecule has 1 atom stereocenters. The molecule has 0 unspecified atom stereocenters. The molecule has 1 aliphatic heterocycles. The quantitative estimate of drug-likeness (QED) is 0.660. The Balaban J connectivity index is 1.84. The minimum atomic E-state index is -1.20. The lowest BCUT2D eigenvalue weighted by Crippen LogP contribution is -2.40. The molecule has 1 fully saturated rings. The molecule has 128 valence electrons. The van der Waals surface area contributed by atoms with E-state index in [-0.39, 0.29) is 5.75 Å². The summed E-state index contributed by atoms with van der Waals surface area (Å²) < 4.78 is 5.11. The number of imide groups is 1. The van der Waals surface area contributed by atoms with E-state index in [9.17, 15) is 14.7 Å². The second-order valence-corrected chi connectivity index (χ2v) is 5.74. The molecule has 2 aromatic carbocycles. The van der Waals surface area contributed by atoms with Gasteiger partial charge in [-0.15, -0.1) is 5.01 Å². The first kappa shape index (κ1) is 16.5. The molecule has 1 heterocycles. The molecule has 2 aromatic rings. The van der Waals surface area contributed by atoms with Crippen LogP contribution in [-0.4, -0.2) is 35.4 Å². The van der Waals surface area contributed by atoms with E-state index in [1.54, 1.807) is 50.4 Å². The number of hydrogen-bond donors (Lipinski definition) is 2. The molecule has 3 rings (SSSR count). The highest BCUT2D eigenvalue weighted by Gasteiger charge is 2.49. The van der Waals surface area contributed by atoms with Crippen LogP contribution in [0.4, 0.5) is 4.79 Å². The van der Waals surface area contributed by atoms with Crippen molar-refractivity contribution in [3.05, 3.63) is 59.7 Å². The largest absolute Gasteiger partial charge is 0.508 e. The second kappa shape index (κ2) is 6.27. The highest BCUT2D eigenvalue weighted by molar-refractivity contribution is 6.07. The molecule has 1 saturated heterocycles. The monoisotopic (exact) mass is 339 g/mol.